The van der Waals surface area contributed by atoms with E-state index in [0.717, 1.165) is 5.56 Å². The largest absolute Gasteiger partial charge is 0.497 e. The molecule has 1 N–H and O–H groups in total. The van der Waals surface area contributed by atoms with Crippen LogP contribution in [0.5, 0.6) is 11.5 Å². The van der Waals surface area contributed by atoms with E-state index in [4.69, 9.17) is 14.2 Å². The zero-order chi connectivity index (χ0) is 26.7. The maximum Gasteiger partial charge on any atom is 0.297 e. The molecule has 37 heavy (non-hydrogen) atoms. The highest BCUT2D eigenvalue weighted by atomic mass is 16.6. The molecule has 0 aliphatic carbocycles. The molecule has 0 aromatic heterocycles. The van der Waals surface area contributed by atoms with Crippen LogP contribution in [0.2, 0.25) is 0 Å². The van der Waals surface area contributed by atoms with Gasteiger partial charge in [0.05, 0.1) is 24.7 Å². The summed E-state index contributed by atoms with van der Waals surface area (Å²) in [5, 5.41) is 23.3. The van der Waals surface area contributed by atoms with E-state index < -0.39 is 28.6 Å². The number of amides is 1. The van der Waals surface area contributed by atoms with E-state index in [-0.39, 0.29) is 17.1 Å². The Morgan fingerprint density at radius 2 is 1.81 bits per heavy atom. The highest BCUT2D eigenvalue weighted by Gasteiger charge is 2.45. The Labute approximate surface area is 215 Å². The normalized spacial score (nSPS) is 17.9. The first kappa shape index (κ1) is 26.1. The lowest BCUT2D eigenvalue weighted by atomic mass is 9.87. The highest BCUT2D eigenvalue weighted by Crippen LogP contribution is 2.47. The molecule has 4 rings (SSSR count). The molecular weight excluding hydrogens is 476 g/mol. The third-order valence-electron chi connectivity index (χ3n) is 6.40. The zero-order valence-electron chi connectivity index (χ0n) is 21.2. The number of rotatable bonds is 8. The molecule has 0 bridgehead atoms. The number of nitro benzene ring substituents is 1. The minimum atomic E-state index is -1.06. The van der Waals surface area contributed by atoms with Crippen LogP contribution in [0.4, 0.5) is 17.1 Å². The van der Waals surface area contributed by atoms with E-state index in [1.54, 1.807) is 38.1 Å². The molecular formula is C28H30N2O7. The van der Waals surface area contributed by atoms with Gasteiger partial charge in [0.25, 0.3) is 5.69 Å². The van der Waals surface area contributed by atoms with Crippen LogP contribution in [-0.4, -0.2) is 41.4 Å². The van der Waals surface area contributed by atoms with Crippen molar-refractivity contribution in [1.82, 2.24) is 0 Å². The number of fused-ring (bicyclic) bond motifs is 1. The van der Waals surface area contributed by atoms with Crippen molar-refractivity contribution in [2.75, 3.05) is 18.6 Å². The van der Waals surface area contributed by atoms with Crippen LogP contribution in [0, 0.1) is 10.1 Å². The molecule has 1 aliphatic rings. The first-order valence-corrected chi connectivity index (χ1v) is 11.9. The van der Waals surface area contributed by atoms with Crippen molar-refractivity contribution in [2.24, 2.45) is 0 Å². The first-order valence-electron chi connectivity index (χ1n) is 11.9. The van der Waals surface area contributed by atoms with E-state index in [1.807, 2.05) is 30.3 Å². The highest BCUT2D eigenvalue weighted by molar-refractivity contribution is 6.01. The molecule has 0 fully saturated rings. The van der Waals surface area contributed by atoms with E-state index in [9.17, 15) is 20.0 Å². The monoisotopic (exact) mass is 506 g/mol. The summed E-state index contributed by atoms with van der Waals surface area (Å²) in [6, 6.07) is 19.2. The fourth-order valence-electron chi connectivity index (χ4n) is 4.44. The number of aliphatic hydroxyl groups is 1. The van der Waals surface area contributed by atoms with Gasteiger partial charge in [0.2, 0.25) is 5.91 Å². The summed E-state index contributed by atoms with van der Waals surface area (Å²) in [5.74, 6) is 0.388. The number of carbonyl (C=O) groups is 1. The topological polar surface area (TPSA) is 111 Å². The maximum atomic E-state index is 12.8. The predicted octanol–water partition coefficient (Wildman–Crippen LogP) is 5.12. The molecule has 0 spiro atoms. The lowest BCUT2D eigenvalue weighted by Gasteiger charge is -2.42. The summed E-state index contributed by atoms with van der Waals surface area (Å²) in [5.41, 5.74) is 0.621. The first-order chi connectivity index (χ1) is 17.6. The Morgan fingerprint density at radius 3 is 2.41 bits per heavy atom. The van der Waals surface area contributed by atoms with Gasteiger partial charge in [-0.1, -0.05) is 30.3 Å². The van der Waals surface area contributed by atoms with Crippen molar-refractivity contribution in [1.29, 1.82) is 0 Å². The van der Waals surface area contributed by atoms with Gasteiger partial charge in [-0.15, -0.1) is 0 Å². The van der Waals surface area contributed by atoms with Crippen LogP contribution in [0.1, 0.15) is 38.0 Å². The predicted molar refractivity (Wildman–Crippen MR) is 138 cm³/mol. The third kappa shape index (κ3) is 5.42. The van der Waals surface area contributed by atoms with Crippen molar-refractivity contribution in [3.05, 3.63) is 88.0 Å². The number of hydrogen-bond acceptors (Lipinski definition) is 7. The van der Waals surface area contributed by atoms with Crippen LogP contribution < -0.4 is 14.4 Å². The molecule has 9 heteroatoms. The van der Waals surface area contributed by atoms with Crippen molar-refractivity contribution < 1.29 is 29.0 Å². The summed E-state index contributed by atoms with van der Waals surface area (Å²) in [6.45, 7) is 5.04. The van der Waals surface area contributed by atoms with Crippen LogP contribution in [0.15, 0.2) is 66.7 Å². The Morgan fingerprint density at radius 1 is 1.14 bits per heavy atom. The maximum absolute atomic E-state index is 12.8. The second-order valence-corrected chi connectivity index (χ2v) is 9.37. The summed E-state index contributed by atoms with van der Waals surface area (Å²) in [6.07, 6.45) is -1.27. The SMILES string of the molecule is COc1ccc(N(C(C)=O)c2cc3c(cc2[N+](=O)[O-])OC(C)(C)[C@H](O)[C@H]3OCCc2ccccc2)cc1. The van der Waals surface area contributed by atoms with Crippen molar-refractivity contribution in [3.8, 4) is 11.5 Å². The number of nitrogens with zero attached hydrogens (tertiary/aromatic N) is 2. The molecule has 3 aromatic rings. The molecule has 0 saturated carbocycles. The summed E-state index contributed by atoms with van der Waals surface area (Å²) in [4.78, 5) is 25.6. The fourth-order valence-corrected chi connectivity index (χ4v) is 4.44. The Balaban J connectivity index is 1.78. The zero-order valence-corrected chi connectivity index (χ0v) is 21.2. The number of nitro groups is 1. The molecule has 1 heterocycles. The number of aliphatic hydroxyl groups excluding tert-OH is 1. The summed E-state index contributed by atoms with van der Waals surface area (Å²) >= 11 is 0. The number of benzene rings is 3. The van der Waals surface area contributed by atoms with Crippen LogP contribution in [-0.2, 0) is 16.0 Å². The molecule has 0 radical (unpaired) electrons. The fraction of sp³-hybridized carbons (Fsp3) is 0.321. The van der Waals surface area contributed by atoms with E-state index >= 15 is 0 Å². The quantitative estimate of drug-likeness (QED) is 0.333. The van der Waals surface area contributed by atoms with Gasteiger partial charge in [-0.25, -0.2) is 0 Å². The van der Waals surface area contributed by atoms with Gasteiger partial charge in [-0.3, -0.25) is 19.8 Å². The van der Waals surface area contributed by atoms with Gasteiger partial charge in [-0.2, -0.15) is 0 Å². The van der Waals surface area contributed by atoms with Gasteiger partial charge in [0.1, 0.15) is 35.0 Å². The lowest BCUT2D eigenvalue weighted by Crippen LogP contribution is -2.49. The van der Waals surface area contributed by atoms with Gasteiger partial charge in [0.15, 0.2) is 0 Å². The van der Waals surface area contributed by atoms with Gasteiger partial charge in [0, 0.05) is 18.2 Å². The number of ether oxygens (including phenoxy) is 3. The second kappa shape index (κ2) is 10.6. The lowest BCUT2D eigenvalue weighted by molar-refractivity contribution is -0.384. The molecule has 3 aromatic carbocycles. The van der Waals surface area contributed by atoms with Crippen LogP contribution >= 0.6 is 0 Å². The van der Waals surface area contributed by atoms with Crippen molar-refractivity contribution in [3.63, 3.8) is 0 Å². The Hall–Kier alpha value is -3.95. The van der Waals surface area contributed by atoms with E-state index in [0.29, 0.717) is 30.0 Å². The number of carbonyl (C=O) groups excluding carboxylic acids is 1. The summed E-state index contributed by atoms with van der Waals surface area (Å²) in [7, 11) is 1.52. The van der Waals surface area contributed by atoms with Gasteiger partial charge < -0.3 is 19.3 Å². The van der Waals surface area contributed by atoms with Gasteiger partial charge >= 0.3 is 0 Å². The Kier molecular flexibility index (Phi) is 7.47. The number of methoxy groups -OCH3 is 1. The molecule has 0 unspecified atom stereocenters. The number of hydrogen-bond donors (Lipinski definition) is 1. The third-order valence-corrected chi connectivity index (χ3v) is 6.40. The molecule has 194 valence electrons. The second-order valence-electron chi connectivity index (χ2n) is 9.37. The molecule has 1 amide bonds. The van der Waals surface area contributed by atoms with Gasteiger partial charge in [-0.05, 0) is 56.2 Å². The summed E-state index contributed by atoms with van der Waals surface area (Å²) < 4.78 is 17.4. The number of anilines is 2. The molecule has 9 nitrogen and oxygen atoms in total. The average Bonchev–Trinajstić information content (AvgIpc) is 2.87. The standard InChI is InChI=1S/C28H30N2O7/c1-18(31)29(20-10-12-21(35-4)13-11-20)23-16-22-25(17-24(23)30(33)34)37-28(2,3)27(32)26(22)36-15-14-19-8-6-5-7-9-19/h5-13,16-17,26-27,32H,14-15H2,1-4H3/t26-,27+/m0/s1. The van der Waals surface area contributed by atoms with Crippen molar-refractivity contribution >= 4 is 23.0 Å². The minimum Gasteiger partial charge on any atom is -0.497 e. The van der Waals surface area contributed by atoms with Crippen LogP contribution in [0.3, 0.4) is 0 Å². The molecule has 1 aliphatic heterocycles. The molecule has 2 atom stereocenters. The minimum absolute atomic E-state index is 0.0496. The van der Waals surface area contributed by atoms with E-state index in [1.165, 1.54) is 31.1 Å². The smallest absolute Gasteiger partial charge is 0.297 e. The van der Waals surface area contributed by atoms with Crippen LogP contribution in [0.25, 0.3) is 0 Å². The average molecular weight is 507 g/mol. The van der Waals surface area contributed by atoms with Crippen molar-refractivity contribution in [2.45, 2.75) is 45.0 Å². The van der Waals surface area contributed by atoms with E-state index in [2.05, 4.69) is 0 Å². The Bertz CT molecular complexity index is 1280. The molecule has 0 saturated heterocycles.